The number of nitrogens with one attached hydrogen (secondary N) is 2. The zero-order valence-electron chi connectivity index (χ0n) is 23.2. The van der Waals surface area contributed by atoms with E-state index in [2.05, 4.69) is 15.2 Å². The van der Waals surface area contributed by atoms with E-state index in [-0.39, 0.29) is 10.9 Å². The quantitative estimate of drug-likeness (QED) is 0.325. The first kappa shape index (κ1) is 30.4. The SMILES string of the molecule is CC(ONC(=O)[C@@H]1c2ccccc2C(=O)N(C2CCCC[C@@H]2NS(C)(=O)=O)[C@H]1c1ccc(Cl)cc1Cl)c1ccccn1. The van der Waals surface area contributed by atoms with Crippen molar-refractivity contribution >= 4 is 45.0 Å². The number of nitrogens with zero attached hydrogens (tertiary/aromatic N) is 2. The summed E-state index contributed by atoms with van der Waals surface area (Å²) < 4.78 is 27.4. The van der Waals surface area contributed by atoms with E-state index in [1.165, 1.54) is 0 Å². The predicted molar refractivity (Wildman–Crippen MR) is 160 cm³/mol. The highest BCUT2D eigenvalue weighted by atomic mass is 35.5. The van der Waals surface area contributed by atoms with Crippen LogP contribution in [0.3, 0.4) is 0 Å². The van der Waals surface area contributed by atoms with Crippen molar-refractivity contribution < 1.29 is 22.8 Å². The van der Waals surface area contributed by atoms with E-state index in [9.17, 15) is 18.0 Å². The average molecular weight is 632 g/mol. The van der Waals surface area contributed by atoms with Crippen LogP contribution in [0.5, 0.6) is 0 Å². The Bertz CT molecular complexity index is 1570. The van der Waals surface area contributed by atoms with Crippen LogP contribution in [0.1, 0.15) is 77.8 Å². The number of pyridine rings is 1. The Kier molecular flexibility index (Phi) is 9.20. The van der Waals surface area contributed by atoms with Crippen LogP contribution in [0, 0.1) is 0 Å². The van der Waals surface area contributed by atoms with Crippen LogP contribution in [-0.2, 0) is 19.7 Å². The summed E-state index contributed by atoms with van der Waals surface area (Å²) in [5.74, 6) is -1.72. The first-order valence-corrected chi connectivity index (χ1v) is 16.4. The van der Waals surface area contributed by atoms with E-state index in [1.807, 2.05) is 6.07 Å². The van der Waals surface area contributed by atoms with E-state index in [0.29, 0.717) is 40.2 Å². The lowest BCUT2D eigenvalue weighted by Gasteiger charge is -2.49. The molecule has 5 atom stereocenters. The van der Waals surface area contributed by atoms with Crippen molar-refractivity contribution in [3.63, 3.8) is 0 Å². The lowest BCUT2D eigenvalue weighted by atomic mass is 9.76. The molecule has 1 aliphatic heterocycles. The van der Waals surface area contributed by atoms with Gasteiger partial charge >= 0.3 is 0 Å². The van der Waals surface area contributed by atoms with Crippen LogP contribution in [-0.4, -0.2) is 48.5 Å². The molecule has 3 aromatic rings. The fraction of sp³-hybridized carbons (Fsp3) is 0.367. The van der Waals surface area contributed by atoms with Gasteiger partial charge in [0.15, 0.2) is 0 Å². The molecule has 2 N–H and O–H groups in total. The van der Waals surface area contributed by atoms with Crippen LogP contribution in [0.15, 0.2) is 66.9 Å². The van der Waals surface area contributed by atoms with E-state index < -0.39 is 46.1 Å². The number of fused-ring (bicyclic) bond motifs is 1. The average Bonchev–Trinajstić information content (AvgIpc) is 2.96. The summed E-state index contributed by atoms with van der Waals surface area (Å²) in [5, 5.41) is 0.689. The number of carbonyl (C=O) groups excluding carboxylic acids is 2. The minimum atomic E-state index is -3.58. The summed E-state index contributed by atoms with van der Waals surface area (Å²) in [6.07, 6.45) is 4.89. The third-order valence-corrected chi connectivity index (χ3v) is 9.13. The lowest BCUT2D eigenvalue weighted by molar-refractivity contribution is -0.142. The molecule has 0 bridgehead atoms. The molecule has 222 valence electrons. The number of aromatic nitrogens is 1. The molecule has 2 unspecified atom stereocenters. The minimum absolute atomic E-state index is 0.286. The third kappa shape index (κ3) is 6.48. The smallest absolute Gasteiger partial charge is 0.255 e. The molecular weight excluding hydrogens is 599 g/mol. The van der Waals surface area contributed by atoms with Gasteiger partial charge in [0, 0.05) is 33.9 Å². The molecule has 1 aromatic heterocycles. The van der Waals surface area contributed by atoms with E-state index in [1.54, 1.807) is 72.6 Å². The highest BCUT2D eigenvalue weighted by Crippen LogP contribution is 2.48. The maximum absolute atomic E-state index is 14.3. The van der Waals surface area contributed by atoms with Gasteiger partial charge in [-0.25, -0.2) is 18.6 Å². The number of hydroxylamine groups is 1. The fourth-order valence-corrected chi connectivity index (χ4v) is 7.36. The van der Waals surface area contributed by atoms with Gasteiger partial charge in [-0.1, -0.05) is 66.4 Å². The number of amides is 2. The number of hydrogen-bond donors (Lipinski definition) is 2. The molecule has 42 heavy (non-hydrogen) atoms. The van der Waals surface area contributed by atoms with Crippen LogP contribution in [0.4, 0.5) is 0 Å². The molecule has 2 amide bonds. The Morgan fingerprint density at radius 1 is 1.05 bits per heavy atom. The first-order chi connectivity index (χ1) is 20.0. The number of sulfonamides is 1. The summed E-state index contributed by atoms with van der Waals surface area (Å²) in [5.41, 5.74) is 4.64. The number of halogens is 2. The Morgan fingerprint density at radius 3 is 2.50 bits per heavy atom. The van der Waals surface area contributed by atoms with E-state index in [0.717, 1.165) is 19.1 Å². The second-order valence-electron chi connectivity index (χ2n) is 10.7. The number of benzene rings is 2. The van der Waals surface area contributed by atoms with Gasteiger partial charge in [-0.15, -0.1) is 0 Å². The molecule has 1 aliphatic carbocycles. The van der Waals surface area contributed by atoms with Gasteiger partial charge in [-0.05, 0) is 61.2 Å². The summed E-state index contributed by atoms with van der Waals surface area (Å²) in [7, 11) is -3.58. The maximum atomic E-state index is 14.3. The topological polar surface area (TPSA) is 118 Å². The largest absolute Gasteiger partial charge is 0.326 e. The summed E-state index contributed by atoms with van der Waals surface area (Å²) >= 11 is 13.0. The first-order valence-electron chi connectivity index (χ1n) is 13.8. The minimum Gasteiger partial charge on any atom is -0.326 e. The van der Waals surface area contributed by atoms with E-state index >= 15 is 0 Å². The van der Waals surface area contributed by atoms with Crippen molar-refractivity contribution in [2.75, 3.05) is 6.26 Å². The summed E-state index contributed by atoms with van der Waals surface area (Å²) in [6.45, 7) is 1.77. The molecule has 0 radical (unpaired) electrons. The highest BCUT2D eigenvalue weighted by molar-refractivity contribution is 7.88. The van der Waals surface area contributed by atoms with Crippen LogP contribution < -0.4 is 10.2 Å². The second kappa shape index (κ2) is 12.7. The molecule has 0 spiro atoms. The van der Waals surface area contributed by atoms with Gasteiger partial charge in [0.05, 0.1) is 23.9 Å². The summed E-state index contributed by atoms with van der Waals surface area (Å²) in [4.78, 5) is 40.2. The van der Waals surface area contributed by atoms with Gasteiger partial charge < -0.3 is 4.90 Å². The number of rotatable bonds is 8. The molecule has 5 rings (SSSR count). The fourth-order valence-electron chi connectivity index (χ4n) is 6.01. The Hall–Kier alpha value is -3.02. The molecule has 2 aromatic carbocycles. The monoisotopic (exact) mass is 630 g/mol. The van der Waals surface area contributed by atoms with Gasteiger partial charge in [-0.2, -0.15) is 0 Å². The molecular formula is C30H32Cl2N4O5S. The highest BCUT2D eigenvalue weighted by Gasteiger charge is 2.49. The molecule has 1 fully saturated rings. The standard InChI is InChI=1S/C30H32Cl2N4O5S/c1-18(24-11-7-8-16-33-24)41-34-29(37)27-20-9-3-4-10-21(20)30(38)36(28(27)22-15-14-19(31)17-23(22)32)26-13-6-5-12-25(26)35-42(2,39)40/h3-4,7-11,14-18,25-28,35H,5-6,12-13H2,1-2H3,(H,34,37)/t18?,25-,26?,27+,28-/m0/s1. The second-order valence-corrected chi connectivity index (χ2v) is 13.3. The zero-order valence-corrected chi connectivity index (χ0v) is 25.5. The van der Waals surface area contributed by atoms with Gasteiger partial charge in [0.25, 0.3) is 11.8 Å². The normalized spacial score (nSPS) is 23.2. The summed E-state index contributed by atoms with van der Waals surface area (Å²) in [6, 6.07) is 15.4. The lowest BCUT2D eigenvalue weighted by Crippen LogP contribution is -2.59. The molecule has 1 saturated carbocycles. The van der Waals surface area contributed by atoms with Crippen LogP contribution >= 0.6 is 23.2 Å². The molecule has 12 heteroatoms. The van der Waals surface area contributed by atoms with Crippen molar-refractivity contribution in [2.45, 2.75) is 62.8 Å². The number of carbonyl (C=O) groups is 2. The van der Waals surface area contributed by atoms with Gasteiger partial charge in [-0.3, -0.25) is 19.4 Å². The molecule has 2 aliphatic rings. The maximum Gasteiger partial charge on any atom is 0.255 e. The van der Waals surface area contributed by atoms with Crippen LogP contribution in [0.25, 0.3) is 0 Å². The number of hydrogen-bond acceptors (Lipinski definition) is 6. The van der Waals surface area contributed by atoms with Crippen LogP contribution in [0.2, 0.25) is 10.0 Å². The zero-order chi connectivity index (χ0) is 30.0. The van der Waals surface area contributed by atoms with Crippen molar-refractivity contribution in [2.24, 2.45) is 0 Å². The van der Waals surface area contributed by atoms with E-state index in [4.69, 9.17) is 28.0 Å². The molecule has 0 saturated heterocycles. The van der Waals surface area contributed by atoms with Crippen molar-refractivity contribution in [1.82, 2.24) is 20.1 Å². The Labute approximate surface area is 255 Å². The van der Waals surface area contributed by atoms with Gasteiger partial charge in [0.2, 0.25) is 10.0 Å². The predicted octanol–water partition coefficient (Wildman–Crippen LogP) is 5.34. The van der Waals surface area contributed by atoms with Crippen molar-refractivity contribution in [3.8, 4) is 0 Å². The molecule has 9 nitrogen and oxygen atoms in total. The van der Waals surface area contributed by atoms with Gasteiger partial charge in [0.1, 0.15) is 6.10 Å². The third-order valence-electron chi connectivity index (χ3n) is 7.83. The molecule has 2 heterocycles. The Morgan fingerprint density at radius 2 is 1.79 bits per heavy atom. The van der Waals surface area contributed by atoms with Crippen molar-refractivity contribution in [3.05, 3.63) is 99.3 Å². The Balaban J connectivity index is 1.61. The van der Waals surface area contributed by atoms with Crippen molar-refractivity contribution in [1.29, 1.82) is 0 Å².